The molecule has 0 aliphatic rings. The Morgan fingerprint density at radius 2 is 1.62 bits per heavy atom. The van der Waals surface area contributed by atoms with Crippen molar-refractivity contribution in [3.8, 4) is 0 Å². The molecule has 0 saturated heterocycles. The first kappa shape index (κ1) is 21.2. The number of carbonyl (C=O) groups excluding carboxylic acids is 2. The summed E-state index contributed by atoms with van der Waals surface area (Å²) in [6.45, 7) is 0. The van der Waals surface area contributed by atoms with Gasteiger partial charge in [0.15, 0.2) is 5.78 Å². The summed E-state index contributed by atoms with van der Waals surface area (Å²) in [6, 6.07) is 21.8. The molecule has 3 aromatic carbocycles. The third kappa shape index (κ3) is 6.50. The van der Waals surface area contributed by atoms with E-state index in [-0.39, 0.29) is 17.4 Å². The van der Waals surface area contributed by atoms with Crippen LogP contribution >= 0.6 is 35.0 Å². The minimum absolute atomic E-state index is 0.0306. The number of anilines is 1. The second kappa shape index (κ2) is 10.3. The van der Waals surface area contributed by atoms with Crippen LogP contribution in [0.4, 0.5) is 5.69 Å². The first-order valence-electron chi connectivity index (χ1n) is 8.76. The van der Waals surface area contributed by atoms with Crippen LogP contribution in [0.2, 0.25) is 10.0 Å². The molecule has 1 N–H and O–H groups in total. The molecule has 0 fully saturated rings. The molecule has 3 rings (SSSR count). The predicted octanol–water partition coefficient (Wildman–Crippen LogP) is 6.62. The van der Waals surface area contributed by atoms with Crippen molar-refractivity contribution in [1.29, 1.82) is 0 Å². The number of ketones is 1. The van der Waals surface area contributed by atoms with Gasteiger partial charge in [0.2, 0.25) is 5.91 Å². The predicted molar refractivity (Wildman–Crippen MR) is 122 cm³/mol. The lowest BCUT2D eigenvalue weighted by atomic mass is 10.1. The van der Waals surface area contributed by atoms with E-state index in [1.54, 1.807) is 36.4 Å². The monoisotopic (exact) mass is 441 g/mol. The molecule has 146 valence electrons. The van der Waals surface area contributed by atoms with E-state index in [0.717, 1.165) is 10.5 Å². The highest BCUT2D eigenvalue weighted by molar-refractivity contribution is 8.00. The van der Waals surface area contributed by atoms with Crippen molar-refractivity contribution in [2.75, 3.05) is 11.1 Å². The van der Waals surface area contributed by atoms with Gasteiger partial charge in [0.25, 0.3) is 0 Å². The standard InChI is InChI=1S/C23H17Cl2NO2S/c24-20-12-7-17(14-21(20)25)22(27)15-29-19-10-8-18(9-11-19)26-23(28)13-6-16-4-2-1-3-5-16/h1-14H,15H2,(H,26,28)/b13-6+. The molecule has 3 aromatic rings. The third-order valence-corrected chi connectivity index (χ3v) is 5.71. The molecule has 0 atom stereocenters. The van der Waals surface area contributed by atoms with Crippen molar-refractivity contribution < 1.29 is 9.59 Å². The van der Waals surface area contributed by atoms with Crippen molar-refractivity contribution in [2.45, 2.75) is 4.90 Å². The number of halogens is 2. The molecule has 0 aromatic heterocycles. The Kier molecular flexibility index (Phi) is 7.53. The van der Waals surface area contributed by atoms with Gasteiger partial charge in [-0.3, -0.25) is 9.59 Å². The summed E-state index contributed by atoms with van der Waals surface area (Å²) in [7, 11) is 0. The zero-order valence-electron chi connectivity index (χ0n) is 15.3. The van der Waals surface area contributed by atoms with Crippen LogP contribution < -0.4 is 5.32 Å². The van der Waals surface area contributed by atoms with E-state index >= 15 is 0 Å². The van der Waals surface area contributed by atoms with Crippen LogP contribution in [0.25, 0.3) is 6.08 Å². The van der Waals surface area contributed by atoms with Gasteiger partial charge in [-0.05, 0) is 54.1 Å². The van der Waals surface area contributed by atoms with Gasteiger partial charge in [0.05, 0.1) is 15.8 Å². The summed E-state index contributed by atoms with van der Waals surface area (Å²) in [5.41, 5.74) is 2.18. The lowest BCUT2D eigenvalue weighted by Gasteiger charge is -2.05. The smallest absolute Gasteiger partial charge is 0.248 e. The number of Topliss-reactive ketones (excluding diaryl/α,β-unsaturated/α-hetero) is 1. The van der Waals surface area contributed by atoms with Crippen molar-refractivity contribution in [3.63, 3.8) is 0 Å². The van der Waals surface area contributed by atoms with Crippen molar-refractivity contribution in [3.05, 3.63) is 100 Å². The zero-order valence-corrected chi connectivity index (χ0v) is 17.6. The van der Waals surface area contributed by atoms with Crippen molar-refractivity contribution in [2.24, 2.45) is 0 Å². The Hall–Kier alpha value is -2.53. The Balaban J connectivity index is 1.52. The first-order valence-corrected chi connectivity index (χ1v) is 10.5. The number of benzene rings is 3. The van der Waals surface area contributed by atoms with Crippen LogP contribution in [-0.4, -0.2) is 17.4 Å². The van der Waals surface area contributed by atoms with Gasteiger partial charge in [-0.25, -0.2) is 0 Å². The van der Waals surface area contributed by atoms with Crippen molar-refractivity contribution in [1.82, 2.24) is 0 Å². The van der Waals surface area contributed by atoms with Crippen LogP contribution in [-0.2, 0) is 4.79 Å². The maximum atomic E-state index is 12.3. The lowest BCUT2D eigenvalue weighted by molar-refractivity contribution is -0.111. The topological polar surface area (TPSA) is 46.2 Å². The van der Waals surface area contributed by atoms with E-state index < -0.39 is 0 Å². The van der Waals surface area contributed by atoms with E-state index in [0.29, 0.717) is 21.3 Å². The number of rotatable bonds is 7. The van der Waals surface area contributed by atoms with Gasteiger partial charge in [0, 0.05) is 22.2 Å². The number of carbonyl (C=O) groups is 2. The molecular formula is C23H17Cl2NO2S. The number of thioether (sulfide) groups is 1. The Morgan fingerprint density at radius 3 is 2.31 bits per heavy atom. The maximum absolute atomic E-state index is 12.3. The number of hydrogen-bond donors (Lipinski definition) is 1. The minimum Gasteiger partial charge on any atom is -0.323 e. The largest absolute Gasteiger partial charge is 0.323 e. The molecule has 3 nitrogen and oxygen atoms in total. The number of amides is 1. The lowest BCUT2D eigenvalue weighted by Crippen LogP contribution is -2.07. The molecule has 0 heterocycles. The molecule has 0 radical (unpaired) electrons. The Labute approximate surface area is 183 Å². The molecule has 0 aliphatic carbocycles. The summed E-state index contributed by atoms with van der Waals surface area (Å²) in [5.74, 6) is 0.0461. The van der Waals surface area contributed by atoms with Crippen LogP contribution in [0.15, 0.2) is 83.8 Å². The second-order valence-corrected chi connectivity index (χ2v) is 7.96. The molecule has 0 bridgehead atoms. The van der Waals surface area contributed by atoms with Gasteiger partial charge < -0.3 is 5.32 Å². The first-order chi connectivity index (χ1) is 14.0. The highest BCUT2D eigenvalue weighted by Crippen LogP contribution is 2.25. The van der Waals surface area contributed by atoms with Crippen molar-refractivity contribution >= 4 is 58.4 Å². The fraction of sp³-hybridized carbons (Fsp3) is 0.0435. The quantitative estimate of drug-likeness (QED) is 0.254. The second-order valence-electron chi connectivity index (χ2n) is 6.10. The molecule has 0 spiro atoms. The normalized spacial score (nSPS) is 10.8. The van der Waals surface area contributed by atoms with E-state index in [2.05, 4.69) is 5.32 Å². The highest BCUT2D eigenvalue weighted by Gasteiger charge is 2.09. The number of hydrogen-bond acceptors (Lipinski definition) is 3. The fourth-order valence-corrected chi connectivity index (χ4v) is 3.55. The van der Waals surface area contributed by atoms with E-state index in [9.17, 15) is 9.59 Å². The molecule has 0 unspecified atom stereocenters. The number of nitrogens with one attached hydrogen (secondary N) is 1. The molecule has 1 amide bonds. The van der Waals surface area contributed by atoms with Crippen LogP contribution in [0, 0.1) is 0 Å². The molecule has 0 saturated carbocycles. The Morgan fingerprint density at radius 1 is 0.897 bits per heavy atom. The van der Waals surface area contributed by atoms with Crippen LogP contribution in [0.1, 0.15) is 15.9 Å². The zero-order chi connectivity index (χ0) is 20.6. The summed E-state index contributed by atoms with van der Waals surface area (Å²) in [5, 5.41) is 3.60. The summed E-state index contributed by atoms with van der Waals surface area (Å²) in [4.78, 5) is 25.2. The molecule has 29 heavy (non-hydrogen) atoms. The Bertz CT molecular complexity index is 1030. The average Bonchev–Trinajstić information content (AvgIpc) is 2.74. The van der Waals surface area contributed by atoms with Gasteiger partial charge in [-0.2, -0.15) is 0 Å². The maximum Gasteiger partial charge on any atom is 0.248 e. The SMILES string of the molecule is O=C(/C=C/c1ccccc1)Nc1ccc(SCC(=O)c2ccc(Cl)c(Cl)c2)cc1. The van der Waals surface area contributed by atoms with E-state index in [1.807, 2.05) is 42.5 Å². The van der Waals surface area contributed by atoms with Gasteiger partial charge >= 0.3 is 0 Å². The minimum atomic E-state index is -0.205. The van der Waals surface area contributed by atoms with Gasteiger partial charge in [-0.15, -0.1) is 11.8 Å². The third-order valence-electron chi connectivity index (χ3n) is 3.96. The fourth-order valence-electron chi connectivity index (χ4n) is 2.46. The highest BCUT2D eigenvalue weighted by atomic mass is 35.5. The van der Waals surface area contributed by atoms with Gasteiger partial charge in [-0.1, -0.05) is 53.5 Å². The van der Waals surface area contributed by atoms with E-state index in [4.69, 9.17) is 23.2 Å². The molecule has 0 aliphatic heterocycles. The summed E-state index contributed by atoms with van der Waals surface area (Å²) < 4.78 is 0. The molecule has 6 heteroatoms. The van der Waals surface area contributed by atoms with Crippen LogP contribution in [0.3, 0.4) is 0 Å². The van der Waals surface area contributed by atoms with Gasteiger partial charge in [0.1, 0.15) is 0 Å². The summed E-state index contributed by atoms with van der Waals surface area (Å²) >= 11 is 13.3. The summed E-state index contributed by atoms with van der Waals surface area (Å²) in [6.07, 6.45) is 3.25. The van der Waals surface area contributed by atoms with Crippen LogP contribution in [0.5, 0.6) is 0 Å². The average molecular weight is 442 g/mol. The molecular weight excluding hydrogens is 425 g/mol. The van der Waals surface area contributed by atoms with E-state index in [1.165, 1.54) is 17.8 Å².